The van der Waals surface area contributed by atoms with Gasteiger partial charge in [-0.25, -0.2) is 0 Å². The first kappa shape index (κ1) is 15.0. The first-order valence-electron chi connectivity index (χ1n) is 7.20. The molecular formula is C15H31NO. The molecule has 0 atom stereocenters. The summed E-state index contributed by atoms with van der Waals surface area (Å²) in [5, 5.41) is 3.69. The molecule has 0 aromatic heterocycles. The average Bonchev–Trinajstić information content (AvgIpc) is 2.63. The molecule has 102 valence electrons. The topological polar surface area (TPSA) is 21.3 Å². The van der Waals surface area contributed by atoms with E-state index in [-0.39, 0.29) is 5.54 Å². The summed E-state index contributed by atoms with van der Waals surface area (Å²) in [4.78, 5) is 0. The Kier molecular flexibility index (Phi) is 5.46. The van der Waals surface area contributed by atoms with E-state index in [1.165, 1.54) is 32.1 Å². The Labute approximate surface area is 108 Å². The van der Waals surface area contributed by atoms with Gasteiger partial charge in [0.05, 0.1) is 6.10 Å². The van der Waals surface area contributed by atoms with Gasteiger partial charge in [0.2, 0.25) is 0 Å². The summed E-state index contributed by atoms with van der Waals surface area (Å²) in [7, 11) is 0. The Morgan fingerprint density at radius 3 is 2.24 bits per heavy atom. The van der Waals surface area contributed by atoms with Crippen LogP contribution in [-0.4, -0.2) is 24.8 Å². The third kappa shape index (κ3) is 5.87. The van der Waals surface area contributed by atoms with Crippen molar-refractivity contribution in [2.45, 2.75) is 78.4 Å². The zero-order valence-electron chi connectivity index (χ0n) is 12.4. The smallest absolute Gasteiger partial charge is 0.0518 e. The third-order valence-corrected chi connectivity index (χ3v) is 3.74. The maximum absolute atomic E-state index is 5.73. The molecule has 0 spiro atoms. The second-order valence-corrected chi connectivity index (χ2v) is 6.98. The van der Waals surface area contributed by atoms with Gasteiger partial charge in [0.1, 0.15) is 0 Å². The predicted octanol–water partition coefficient (Wildman–Crippen LogP) is 3.75. The largest absolute Gasteiger partial charge is 0.379 e. The molecule has 1 saturated carbocycles. The van der Waals surface area contributed by atoms with Crippen LogP contribution in [0.5, 0.6) is 0 Å². The molecule has 0 aromatic rings. The van der Waals surface area contributed by atoms with Crippen LogP contribution in [0, 0.1) is 5.41 Å². The molecule has 0 amide bonds. The molecule has 1 aliphatic carbocycles. The molecular weight excluding hydrogens is 210 g/mol. The van der Waals surface area contributed by atoms with Crippen molar-refractivity contribution in [3.8, 4) is 0 Å². The summed E-state index contributed by atoms with van der Waals surface area (Å²) in [5.74, 6) is 0. The standard InChI is InChI=1S/C15H31NO/c1-13(2)17-11-10-15(8-6-7-9-15)12-16-14(3,4)5/h13,16H,6-12H2,1-5H3. The van der Waals surface area contributed by atoms with Crippen molar-refractivity contribution >= 4 is 0 Å². The van der Waals surface area contributed by atoms with Crippen LogP contribution < -0.4 is 5.32 Å². The Balaban J connectivity index is 2.39. The molecule has 0 radical (unpaired) electrons. The Morgan fingerprint density at radius 2 is 1.76 bits per heavy atom. The predicted molar refractivity (Wildman–Crippen MR) is 74.4 cm³/mol. The minimum atomic E-state index is 0.231. The highest BCUT2D eigenvalue weighted by Crippen LogP contribution is 2.40. The van der Waals surface area contributed by atoms with Gasteiger partial charge in [-0.2, -0.15) is 0 Å². The van der Waals surface area contributed by atoms with Crippen LogP contribution in [0.25, 0.3) is 0 Å². The fraction of sp³-hybridized carbons (Fsp3) is 1.00. The number of ether oxygens (including phenoxy) is 1. The van der Waals surface area contributed by atoms with E-state index in [1.807, 2.05) is 0 Å². The number of nitrogens with one attached hydrogen (secondary N) is 1. The summed E-state index contributed by atoms with van der Waals surface area (Å²) >= 11 is 0. The average molecular weight is 241 g/mol. The zero-order valence-corrected chi connectivity index (χ0v) is 12.4. The molecule has 1 N–H and O–H groups in total. The monoisotopic (exact) mass is 241 g/mol. The molecule has 0 unspecified atom stereocenters. The van der Waals surface area contributed by atoms with E-state index >= 15 is 0 Å². The number of rotatable bonds is 6. The van der Waals surface area contributed by atoms with Gasteiger partial charge in [0.25, 0.3) is 0 Å². The molecule has 1 fully saturated rings. The summed E-state index contributed by atoms with van der Waals surface area (Å²) in [6, 6.07) is 0. The van der Waals surface area contributed by atoms with Crippen LogP contribution in [0.3, 0.4) is 0 Å². The van der Waals surface area contributed by atoms with Gasteiger partial charge in [-0.3, -0.25) is 0 Å². The van der Waals surface area contributed by atoms with Crippen molar-refractivity contribution in [2.24, 2.45) is 5.41 Å². The van der Waals surface area contributed by atoms with E-state index in [9.17, 15) is 0 Å². The first-order chi connectivity index (χ1) is 7.83. The molecule has 0 heterocycles. The Hall–Kier alpha value is -0.0800. The lowest BCUT2D eigenvalue weighted by atomic mass is 9.82. The molecule has 2 heteroatoms. The molecule has 1 rings (SSSR count). The van der Waals surface area contributed by atoms with Crippen molar-refractivity contribution in [3.05, 3.63) is 0 Å². The third-order valence-electron chi connectivity index (χ3n) is 3.74. The lowest BCUT2D eigenvalue weighted by molar-refractivity contribution is 0.0499. The van der Waals surface area contributed by atoms with E-state index in [2.05, 4.69) is 39.9 Å². The first-order valence-corrected chi connectivity index (χ1v) is 7.20. The van der Waals surface area contributed by atoms with E-state index < -0.39 is 0 Å². The Morgan fingerprint density at radius 1 is 1.18 bits per heavy atom. The molecule has 0 aliphatic heterocycles. The maximum Gasteiger partial charge on any atom is 0.0518 e. The van der Waals surface area contributed by atoms with Gasteiger partial charge in [-0.15, -0.1) is 0 Å². The molecule has 1 aliphatic rings. The summed E-state index contributed by atoms with van der Waals surface area (Å²) < 4.78 is 5.73. The number of hydrogen-bond acceptors (Lipinski definition) is 2. The van der Waals surface area contributed by atoms with Gasteiger partial charge in [-0.05, 0) is 59.3 Å². The van der Waals surface area contributed by atoms with Gasteiger partial charge in [0.15, 0.2) is 0 Å². The van der Waals surface area contributed by atoms with Crippen LogP contribution in [0.4, 0.5) is 0 Å². The van der Waals surface area contributed by atoms with Crippen LogP contribution in [0.1, 0.15) is 66.7 Å². The molecule has 0 bridgehead atoms. The van der Waals surface area contributed by atoms with Gasteiger partial charge in [0, 0.05) is 18.7 Å². The lowest BCUT2D eigenvalue weighted by Gasteiger charge is -2.33. The van der Waals surface area contributed by atoms with Crippen LogP contribution in [0.2, 0.25) is 0 Å². The number of hydrogen-bond donors (Lipinski definition) is 1. The zero-order chi connectivity index (χ0) is 12.9. The molecule has 2 nitrogen and oxygen atoms in total. The van der Waals surface area contributed by atoms with Gasteiger partial charge < -0.3 is 10.1 Å². The quantitative estimate of drug-likeness (QED) is 0.764. The highest BCUT2D eigenvalue weighted by atomic mass is 16.5. The second-order valence-electron chi connectivity index (χ2n) is 6.98. The van der Waals surface area contributed by atoms with E-state index in [0.717, 1.165) is 13.2 Å². The summed E-state index contributed by atoms with van der Waals surface area (Å²) in [6.45, 7) is 13.1. The fourth-order valence-electron chi connectivity index (χ4n) is 2.60. The second kappa shape index (κ2) is 6.19. The molecule has 0 saturated heterocycles. The lowest BCUT2D eigenvalue weighted by Crippen LogP contribution is -2.43. The fourth-order valence-corrected chi connectivity index (χ4v) is 2.60. The van der Waals surface area contributed by atoms with E-state index in [1.54, 1.807) is 0 Å². The van der Waals surface area contributed by atoms with Crippen LogP contribution >= 0.6 is 0 Å². The summed E-state index contributed by atoms with van der Waals surface area (Å²) in [6.07, 6.45) is 7.12. The molecule has 0 aromatic carbocycles. The van der Waals surface area contributed by atoms with Crippen molar-refractivity contribution in [1.29, 1.82) is 0 Å². The SMILES string of the molecule is CC(C)OCCC1(CNC(C)(C)C)CCCC1. The van der Waals surface area contributed by atoms with E-state index in [4.69, 9.17) is 4.74 Å². The van der Waals surface area contributed by atoms with Crippen molar-refractivity contribution in [3.63, 3.8) is 0 Å². The normalized spacial score (nSPS) is 20.1. The summed E-state index contributed by atoms with van der Waals surface area (Å²) in [5.41, 5.74) is 0.733. The van der Waals surface area contributed by atoms with Crippen LogP contribution in [-0.2, 0) is 4.74 Å². The van der Waals surface area contributed by atoms with Crippen molar-refractivity contribution < 1.29 is 4.74 Å². The van der Waals surface area contributed by atoms with Crippen molar-refractivity contribution in [2.75, 3.05) is 13.2 Å². The highest BCUT2D eigenvalue weighted by Gasteiger charge is 2.34. The highest BCUT2D eigenvalue weighted by molar-refractivity contribution is 4.88. The van der Waals surface area contributed by atoms with Crippen LogP contribution in [0.15, 0.2) is 0 Å². The minimum Gasteiger partial charge on any atom is -0.379 e. The van der Waals surface area contributed by atoms with Gasteiger partial charge >= 0.3 is 0 Å². The minimum absolute atomic E-state index is 0.231. The maximum atomic E-state index is 5.73. The van der Waals surface area contributed by atoms with Gasteiger partial charge in [-0.1, -0.05) is 12.8 Å². The Bertz CT molecular complexity index is 211. The molecule has 17 heavy (non-hydrogen) atoms. The van der Waals surface area contributed by atoms with E-state index in [0.29, 0.717) is 11.5 Å². The van der Waals surface area contributed by atoms with Crippen molar-refractivity contribution in [1.82, 2.24) is 5.32 Å².